The van der Waals surface area contributed by atoms with Gasteiger partial charge in [0.25, 0.3) is 0 Å². The highest BCUT2D eigenvalue weighted by atomic mass is 16.5. The molecule has 2 heteroatoms. The van der Waals surface area contributed by atoms with E-state index in [1.54, 1.807) is 7.11 Å². The average Bonchev–Trinajstić information content (AvgIpc) is 2.85. The van der Waals surface area contributed by atoms with E-state index in [4.69, 9.17) is 4.74 Å². The molecular weight excluding hydrogens is 186 g/mol. The van der Waals surface area contributed by atoms with Gasteiger partial charge in [0, 0.05) is 13.2 Å². The van der Waals surface area contributed by atoms with Gasteiger partial charge in [-0.1, -0.05) is 19.1 Å². The van der Waals surface area contributed by atoms with Crippen molar-refractivity contribution in [2.75, 3.05) is 20.3 Å². The minimum atomic E-state index is 0.540. The van der Waals surface area contributed by atoms with Gasteiger partial charge in [0.2, 0.25) is 0 Å². The van der Waals surface area contributed by atoms with Crippen LogP contribution in [0.2, 0.25) is 0 Å². The third-order valence-corrected chi connectivity index (χ3v) is 3.95. The first-order chi connectivity index (χ1) is 7.33. The Bertz CT molecular complexity index is 227. The molecule has 4 atom stereocenters. The minimum Gasteiger partial charge on any atom is -0.383 e. The van der Waals surface area contributed by atoms with E-state index in [0.717, 1.165) is 30.8 Å². The van der Waals surface area contributed by atoms with Crippen molar-refractivity contribution in [2.45, 2.75) is 32.2 Å². The Morgan fingerprint density at radius 3 is 2.80 bits per heavy atom. The van der Waals surface area contributed by atoms with Crippen LogP contribution in [0.1, 0.15) is 26.2 Å². The second-order valence-electron chi connectivity index (χ2n) is 5.01. The van der Waals surface area contributed by atoms with Crippen LogP contribution >= 0.6 is 0 Å². The van der Waals surface area contributed by atoms with Crippen molar-refractivity contribution >= 4 is 0 Å². The van der Waals surface area contributed by atoms with Gasteiger partial charge < -0.3 is 10.1 Å². The quantitative estimate of drug-likeness (QED) is 0.677. The lowest BCUT2D eigenvalue weighted by Gasteiger charge is -2.22. The van der Waals surface area contributed by atoms with E-state index in [9.17, 15) is 0 Å². The van der Waals surface area contributed by atoms with Crippen molar-refractivity contribution in [1.29, 1.82) is 0 Å². The summed E-state index contributed by atoms with van der Waals surface area (Å²) in [5.41, 5.74) is 0. The van der Waals surface area contributed by atoms with Crippen molar-refractivity contribution in [1.82, 2.24) is 5.32 Å². The largest absolute Gasteiger partial charge is 0.383 e. The van der Waals surface area contributed by atoms with Gasteiger partial charge in [-0.05, 0) is 43.6 Å². The monoisotopic (exact) mass is 209 g/mol. The summed E-state index contributed by atoms with van der Waals surface area (Å²) in [6.07, 6.45) is 8.81. The molecule has 15 heavy (non-hydrogen) atoms. The fourth-order valence-electron chi connectivity index (χ4n) is 2.97. The normalized spacial score (nSPS) is 34.9. The van der Waals surface area contributed by atoms with Crippen LogP contribution in [0.5, 0.6) is 0 Å². The standard InChI is InChI=1S/C13H23NO/c1-3-13(9-15-2)14-8-12-7-10-4-5-11(12)6-10/h4-5,10-14H,3,6-9H2,1-2H3/t10-,11-,12+,13-/m0/s1. The number of hydrogen-bond acceptors (Lipinski definition) is 2. The maximum Gasteiger partial charge on any atom is 0.0615 e. The topological polar surface area (TPSA) is 21.3 Å². The van der Waals surface area contributed by atoms with E-state index in [1.165, 1.54) is 19.4 Å². The fraction of sp³-hybridized carbons (Fsp3) is 0.846. The molecule has 86 valence electrons. The lowest BCUT2D eigenvalue weighted by Crippen LogP contribution is -2.37. The predicted octanol–water partition coefficient (Wildman–Crippen LogP) is 2.21. The summed E-state index contributed by atoms with van der Waals surface area (Å²) in [5, 5.41) is 3.64. The van der Waals surface area contributed by atoms with Crippen LogP contribution in [0.4, 0.5) is 0 Å². The molecule has 1 N–H and O–H groups in total. The molecule has 0 spiro atoms. The lowest BCUT2D eigenvalue weighted by molar-refractivity contribution is 0.161. The molecule has 0 saturated heterocycles. The summed E-state index contributed by atoms with van der Waals surface area (Å²) in [7, 11) is 1.78. The van der Waals surface area contributed by atoms with Gasteiger partial charge in [0.15, 0.2) is 0 Å². The molecule has 2 rings (SSSR count). The molecule has 2 bridgehead atoms. The highest BCUT2D eigenvalue weighted by Crippen LogP contribution is 2.42. The SMILES string of the molecule is CC[C@@H](COC)NC[C@H]1C[C@H]2C=C[C@H]1C2. The summed E-state index contributed by atoms with van der Waals surface area (Å²) in [6, 6.07) is 0.540. The zero-order valence-electron chi connectivity index (χ0n) is 9.91. The Morgan fingerprint density at radius 2 is 2.27 bits per heavy atom. The molecule has 0 aromatic heterocycles. The van der Waals surface area contributed by atoms with Gasteiger partial charge >= 0.3 is 0 Å². The number of ether oxygens (including phenoxy) is 1. The molecule has 2 nitrogen and oxygen atoms in total. The van der Waals surface area contributed by atoms with Gasteiger partial charge in [-0.15, -0.1) is 0 Å². The Morgan fingerprint density at radius 1 is 1.40 bits per heavy atom. The summed E-state index contributed by atoms with van der Waals surface area (Å²) < 4.78 is 5.20. The highest BCUT2D eigenvalue weighted by Gasteiger charge is 2.35. The van der Waals surface area contributed by atoms with Gasteiger partial charge in [-0.3, -0.25) is 0 Å². The van der Waals surface area contributed by atoms with Crippen molar-refractivity contribution in [3.63, 3.8) is 0 Å². The molecule has 2 aliphatic rings. The minimum absolute atomic E-state index is 0.540. The maximum absolute atomic E-state index is 5.20. The molecule has 1 saturated carbocycles. The Labute approximate surface area is 93.1 Å². The second kappa shape index (κ2) is 5.13. The summed E-state index contributed by atoms with van der Waals surface area (Å²) >= 11 is 0. The molecule has 0 aliphatic heterocycles. The molecular formula is C13H23NO. The number of nitrogens with one attached hydrogen (secondary N) is 1. The van der Waals surface area contributed by atoms with Gasteiger partial charge in [-0.2, -0.15) is 0 Å². The second-order valence-corrected chi connectivity index (χ2v) is 5.01. The number of methoxy groups -OCH3 is 1. The van der Waals surface area contributed by atoms with Crippen molar-refractivity contribution < 1.29 is 4.74 Å². The van der Waals surface area contributed by atoms with Crippen LogP contribution in [0.3, 0.4) is 0 Å². The van der Waals surface area contributed by atoms with Crippen LogP contribution in [0.25, 0.3) is 0 Å². The van der Waals surface area contributed by atoms with E-state index in [1.807, 2.05) is 0 Å². The van der Waals surface area contributed by atoms with Crippen LogP contribution in [0, 0.1) is 17.8 Å². The third-order valence-electron chi connectivity index (χ3n) is 3.95. The molecule has 0 amide bonds. The van der Waals surface area contributed by atoms with E-state index < -0.39 is 0 Å². The van der Waals surface area contributed by atoms with E-state index in [-0.39, 0.29) is 0 Å². The number of fused-ring (bicyclic) bond motifs is 2. The molecule has 0 radical (unpaired) electrons. The summed E-state index contributed by atoms with van der Waals surface area (Å²) in [6.45, 7) is 4.23. The van der Waals surface area contributed by atoms with Gasteiger partial charge in [-0.25, -0.2) is 0 Å². The first-order valence-corrected chi connectivity index (χ1v) is 6.24. The average molecular weight is 209 g/mol. The van der Waals surface area contributed by atoms with Crippen LogP contribution < -0.4 is 5.32 Å². The first-order valence-electron chi connectivity index (χ1n) is 6.24. The maximum atomic E-state index is 5.20. The van der Waals surface area contributed by atoms with Crippen LogP contribution in [0.15, 0.2) is 12.2 Å². The molecule has 0 heterocycles. The lowest BCUT2D eigenvalue weighted by atomic mass is 9.93. The molecule has 1 fully saturated rings. The molecule has 0 aromatic carbocycles. The molecule has 0 aromatic rings. The third kappa shape index (κ3) is 2.61. The first kappa shape index (κ1) is 11.2. The zero-order chi connectivity index (χ0) is 10.7. The Hall–Kier alpha value is -0.340. The zero-order valence-corrected chi connectivity index (χ0v) is 9.91. The smallest absolute Gasteiger partial charge is 0.0615 e. The summed E-state index contributed by atoms with van der Waals surface area (Å²) in [5.74, 6) is 2.64. The Balaban J connectivity index is 1.71. The Kier molecular flexibility index (Phi) is 3.81. The van der Waals surface area contributed by atoms with Crippen LogP contribution in [-0.4, -0.2) is 26.3 Å². The van der Waals surface area contributed by atoms with Crippen LogP contribution in [-0.2, 0) is 4.74 Å². The van der Waals surface area contributed by atoms with Gasteiger partial charge in [0.1, 0.15) is 0 Å². The van der Waals surface area contributed by atoms with Gasteiger partial charge in [0.05, 0.1) is 6.61 Å². The van der Waals surface area contributed by atoms with Crippen molar-refractivity contribution in [3.8, 4) is 0 Å². The molecule has 0 unspecified atom stereocenters. The molecule has 2 aliphatic carbocycles. The van der Waals surface area contributed by atoms with E-state index >= 15 is 0 Å². The van der Waals surface area contributed by atoms with Crippen molar-refractivity contribution in [3.05, 3.63) is 12.2 Å². The summed E-state index contributed by atoms with van der Waals surface area (Å²) in [4.78, 5) is 0. The highest BCUT2D eigenvalue weighted by molar-refractivity contribution is 5.10. The predicted molar refractivity (Wildman–Crippen MR) is 62.8 cm³/mol. The number of hydrogen-bond donors (Lipinski definition) is 1. The van der Waals surface area contributed by atoms with E-state index in [2.05, 4.69) is 24.4 Å². The fourth-order valence-corrected chi connectivity index (χ4v) is 2.97. The van der Waals surface area contributed by atoms with E-state index in [0.29, 0.717) is 6.04 Å². The number of rotatable bonds is 6. The van der Waals surface area contributed by atoms with Crippen molar-refractivity contribution in [2.24, 2.45) is 17.8 Å². The number of allylic oxidation sites excluding steroid dienone is 2.